The highest BCUT2D eigenvalue weighted by Gasteiger charge is 2.20. The Balaban J connectivity index is 2.31. The fourth-order valence-electron chi connectivity index (χ4n) is 2.17. The van der Waals surface area contributed by atoms with Crippen LogP contribution in [0.3, 0.4) is 0 Å². The fourth-order valence-corrected chi connectivity index (χ4v) is 2.17. The van der Waals surface area contributed by atoms with Gasteiger partial charge in [-0.3, -0.25) is 0 Å². The van der Waals surface area contributed by atoms with Gasteiger partial charge in [-0.05, 0) is 39.3 Å². The number of ketones is 1. The Hall–Kier alpha value is -0.370. The maximum Gasteiger partial charge on any atom is 0.129 e. The third-order valence-electron chi connectivity index (χ3n) is 2.98. The zero-order chi connectivity index (χ0) is 9.68. The van der Waals surface area contributed by atoms with Crippen LogP contribution in [-0.4, -0.2) is 29.8 Å². The van der Waals surface area contributed by atoms with Crippen LogP contribution in [0, 0.1) is 0 Å². The van der Waals surface area contributed by atoms with Gasteiger partial charge in [0, 0.05) is 12.5 Å². The lowest BCUT2D eigenvalue weighted by atomic mass is 9.97. The average Bonchev–Trinajstić information content (AvgIpc) is 2.15. The molecule has 2 heteroatoms. The smallest absolute Gasteiger partial charge is 0.129 e. The van der Waals surface area contributed by atoms with Crippen molar-refractivity contribution in [2.24, 2.45) is 0 Å². The molecule has 13 heavy (non-hydrogen) atoms. The number of piperidine rings is 1. The molecule has 2 nitrogen and oxygen atoms in total. The van der Waals surface area contributed by atoms with Crippen LogP contribution in [0.2, 0.25) is 0 Å². The van der Waals surface area contributed by atoms with Gasteiger partial charge in [-0.2, -0.15) is 0 Å². The average molecular weight is 183 g/mol. The van der Waals surface area contributed by atoms with Crippen LogP contribution in [0.4, 0.5) is 0 Å². The fraction of sp³-hybridized carbons (Fsp3) is 0.909. The Morgan fingerprint density at radius 2 is 2.23 bits per heavy atom. The van der Waals surface area contributed by atoms with Crippen LogP contribution in [0.5, 0.6) is 0 Å². The SMILES string of the molecule is CCN1CCCCC1CCC(C)=O. The second-order valence-electron chi connectivity index (χ2n) is 4.02. The molecule has 0 aromatic heterocycles. The quantitative estimate of drug-likeness (QED) is 0.666. The molecule has 1 aliphatic rings. The zero-order valence-electron chi connectivity index (χ0n) is 8.88. The zero-order valence-corrected chi connectivity index (χ0v) is 8.88. The maximum atomic E-state index is 10.9. The molecule has 0 aromatic rings. The van der Waals surface area contributed by atoms with Gasteiger partial charge in [0.15, 0.2) is 0 Å². The lowest BCUT2D eigenvalue weighted by Crippen LogP contribution is -2.39. The monoisotopic (exact) mass is 183 g/mol. The largest absolute Gasteiger partial charge is 0.301 e. The van der Waals surface area contributed by atoms with E-state index in [2.05, 4.69) is 11.8 Å². The lowest BCUT2D eigenvalue weighted by molar-refractivity contribution is -0.117. The summed E-state index contributed by atoms with van der Waals surface area (Å²) in [6.45, 7) is 6.28. The molecule has 0 bridgehead atoms. The first-order chi connectivity index (χ1) is 6.24. The Morgan fingerprint density at radius 3 is 2.85 bits per heavy atom. The molecule has 1 unspecified atom stereocenters. The van der Waals surface area contributed by atoms with E-state index in [9.17, 15) is 4.79 Å². The molecule has 0 saturated carbocycles. The number of Topliss-reactive ketones (excluding diaryl/α,β-unsaturated/α-hetero) is 1. The molecule has 0 aromatic carbocycles. The summed E-state index contributed by atoms with van der Waals surface area (Å²) in [5, 5.41) is 0. The van der Waals surface area contributed by atoms with Gasteiger partial charge in [0.2, 0.25) is 0 Å². The van der Waals surface area contributed by atoms with Crippen molar-refractivity contribution in [3.8, 4) is 0 Å². The van der Waals surface area contributed by atoms with Gasteiger partial charge in [-0.1, -0.05) is 13.3 Å². The minimum atomic E-state index is 0.335. The van der Waals surface area contributed by atoms with Gasteiger partial charge in [0.05, 0.1) is 0 Å². The minimum absolute atomic E-state index is 0.335. The molecule has 0 N–H and O–H groups in total. The summed E-state index contributed by atoms with van der Waals surface area (Å²) in [6.07, 6.45) is 5.81. The first-order valence-corrected chi connectivity index (χ1v) is 5.47. The van der Waals surface area contributed by atoms with Gasteiger partial charge in [-0.15, -0.1) is 0 Å². The van der Waals surface area contributed by atoms with E-state index in [0.29, 0.717) is 11.8 Å². The van der Waals surface area contributed by atoms with Crippen LogP contribution in [0.1, 0.15) is 46.0 Å². The van der Waals surface area contributed by atoms with E-state index < -0.39 is 0 Å². The maximum absolute atomic E-state index is 10.9. The number of nitrogens with zero attached hydrogens (tertiary/aromatic N) is 1. The summed E-state index contributed by atoms with van der Waals surface area (Å²) in [4.78, 5) is 13.4. The van der Waals surface area contributed by atoms with Crippen molar-refractivity contribution in [1.29, 1.82) is 0 Å². The molecule has 1 rings (SSSR count). The van der Waals surface area contributed by atoms with E-state index in [1.165, 1.54) is 25.8 Å². The van der Waals surface area contributed by atoms with E-state index in [1.54, 1.807) is 6.92 Å². The van der Waals surface area contributed by atoms with Crippen LogP contribution in [-0.2, 0) is 4.79 Å². The van der Waals surface area contributed by atoms with Crippen molar-refractivity contribution in [3.05, 3.63) is 0 Å². The second kappa shape index (κ2) is 5.38. The molecule has 1 saturated heterocycles. The Bertz CT molecular complexity index is 167. The summed E-state index contributed by atoms with van der Waals surface area (Å²) in [7, 11) is 0. The van der Waals surface area contributed by atoms with Crippen LogP contribution >= 0.6 is 0 Å². The van der Waals surface area contributed by atoms with Crippen LogP contribution < -0.4 is 0 Å². The summed E-state index contributed by atoms with van der Waals surface area (Å²) >= 11 is 0. The first kappa shape index (κ1) is 10.7. The van der Waals surface area contributed by atoms with Gasteiger partial charge in [0.25, 0.3) is 0 Å². The van der Waals surface area contributed by atoms with E-state index in [1.807, 2.05) is 0 Å². The molecule has 0 spiro atoms. The van der Waals surface area contributed by atoms with Gasteiger partial charge >= 0.3 is 0 Å². The molecular formula is C11H21NO. The van der Waals surface area contributed by atoms with Gasteiger partial charge in [0.1, 0.15) is 5.78 Å². The van der Waals surface area contributed by atoms with Crippen LogP contribution in [0.15, 0.2) is 0 Å². The number of hydrogen-bond donors (Lipinski definition) is 0. The highest BCUT2D eigenvalue weighted by molar-refractivity contribution is 5.75. The summed E-state index contributed by atoms with van der Waals surface area (Å²) in [6, 6.07) is 0.683. The Morgan fingerprint density at radius 1 is 1.46 bits per heavy atom. The van der Waals surface area contributed by atoms with E-state index in [4.69, 9.17) is 0 Å². The molecule has 1 atom stereocenters. The third kappa shape index (κ3) is 3.47. The molecule has 0 amide bonds. The van der Waals surface area contributed by atoms with Crippen molar-refractivity contribution >= 4 is 5.78 Å². The molecule has 1 fully saturated rings. The van der Waals surface area contributed by atoms with E-state index >= 15 is 0 Å². The predicted molar refractivity (Wildman–Crippen MR) is 54.8 cm³/mol. The molecule has 76 valence electrons. The summed E-state index contributed by atoms with van der Waals surface area (Å²) < 4.78 is 0. The first-order valence-electron chi connectivity index (χ1n) is 5.47. The summed E-state index contributed by atoms with van der Waals surface area (Å²) in [5.74, 6) is 0.335. The standard InChI is InChI=1S/C11H21NO/c1-3-12-9-5-4-6-11(12)8-7-10(2)13/h11H,3-9H2,1-2H3. The summed E-state index contributed by atoms with van der Waals surface area (Å²) in [5.41, 5.74) is 0. The third-order valence-corrected chi connectivity index (χ3v) is 2.98. The van der Waals surface area contributed by atoms with Crippen molar-refractivity contribution in [3.63, 3.8) is 0 Å². The van der Waals surface area contributed by atoms with Gasteiger partial charge in [-0.25, -0.2) is 0 Å². The molecule has 0 aliphatic carbocycles. The van der Waals surface area contributed by atoms with Crippen molar-refractivity contribution in [1.82, 2.24) is 4.90 Å². The second-order valence-corrected chi connectivity index (χ2v) is 4.02. The topological polar surface area (TPSA) is 20.3 Å². The Kier molecular flexibility index (Phi) is 4.43. The van der Waals surface area contributed by atoms with E-state index in [-0.39, 0.29) is 0 Å². The van der Waals surface area contributed by atoms with Gasteiger partial charge < -0.3 is 9.69 Å². The number of hydrogen-bond acceptors (Lipinski definition) is 2. The van der Waals surface area contributed by atoms with Crippen molar-refractivity contribution in [2.75, 3.05) is 13.1 Å². The molecular weight excluding hydrogens is 162 g/mol. The van der Waals surface area contributed by atoms with Crippen LogP contribution in [0.25, 0.3) is 0 Å². The number of carbonyl (C=O) groups is 1. The molecule has 1 heterocycles. The highest BCUT2D eigenvalue weighted by atomic mass is 16.1. The van der Waals surface area contributed by atoms with Crippen molar-refractivity contribution in [2.45, 2.75) is 52.0 Å². The lowest BCUT2D eigenvalue weighted by Gasteiger charge is -2.34. The normalized spacial score (nSPS) is 24.6. The molecule has 1 aliphatic heterocycles. The van der Waals surface area contributed by atoms with Crippen molar-refractivity contribution < 1.29 is 4.79 Å². The predicted octanol–water partition coefficient (Wildman–Crippen LogP) is 2.23. The highest BCUT2D eigenvalue weighted by Crippen LogP contribution is 2.20. The Labute approximate surface area is 81.3 Å². The number of likely N-dealkylation sites (tertiary alicyclic amines) is 1. The molecule has 0 radical (unpaired) electrons. The van der Waals surface area contributed by atoms with E-state index in [0.717, 1.165) is 19.4 Å². The number of carbonyl (C=O) groups excluding carboxylic acids is 1. The number of rotatable bonds is 4. The minimum Gasteiger partial charge on any atom is -0.301 e.